The fourth-order valence-electron chi connectivity index (χ4n) is 2.79. The maximum atomic E-state index is 12.2. The van der Waals surface area contributed by atoms with E-state index in [2.05, 4.69) is 10.2 Å². The van der Waals surface area contributed by atoms with Crippen LogP contribution in [-0.2, 0) is 22.6 Å². The molecule has 0 bridgehead atoms. The second kappa shape index (κ2) is 6.50. The van der Waals surface area contributed by atoms with Crippen molar-refractivity contribution < 1.29 is 27.9 Å². The van der Waals surface area contributed by atoms with E-state index in [0.29, 0.717) is 26.1 Å². The van der Waals surface area contributed by atoms with Gasteiger partial charge in [0.1, 0.15) is 5.82 Å². The number of hydrogen-bond acceptors (Lipinski definition) is 5. The highest BCUT2D eigenvalue weighted by Crippen LogP contribution is 2.24. The van der Waals surface area contributed by atoms with E-state index < -0.39 is 12.1 Å². The van der Waals surface area contributed by atoms with Crippen LogP contribution in [-0.4, -0.2) is 61.5 Å². The molecule has 1 aromatic heterocycles. The Morgan fingerprint density at radius 1 is 1.40 bits per heavy atom. The Morgan fingerprint density at radius 3 is 2.44 bits per heavy atom. The molecule has 25 heavy (non-hydrogen) atoms. The molecule has 0 spiro atoms. The summed E-state index contributed by atoms with van der Waals surface area (Å²) >= 11 is 0. The normalized spacial score (nSPS) is 21.5. The van der Waals surface area contributed by atoms with Crippen molar-refractivity contribution in [3.63, 3.8) is 0 Å². The van der Waals surface area contributed by atoms with Crippen LogP contribution in [0.2, 0.25) is 0 Å². The van der Waals surface area contributed by atoms with Crippen LogP contribution in [0.5, 0.6) is 0 Å². The third-order valence-electron chi connectivity index (χ3n) is 3.96. The van der Waals surface area contributed by atoms with Crippen molar-refractivity contribution in [3.8, 4) is 0 Å². The Morgan fingerprint density at radius 2 is 1.96 bits per heavy atom. The van der Waals surface area contributed by atoms with Gasteiger partial charge in [-0.05, 0) is 13.3 Å². The number of hydrogen-bond donors (Lipinski definition) is 3. The predicted molar refractivity (Wildman–Crippen MR) is 77.5 cm³/mol. The summed E-state index contributed by atoms with van der Waals surface area (Å²) in [6.45, 7) is 3.59. The van der Waals surface area contributed by atoms with Crippen LogP contribution in [0.25, 0.3) is 0 Å². The van der Waals surface area contributed by atoms with Crippen LogP contribution in [0.3, 0.4) is 0 Å². The van der Waals surface area contributed by atoms with Crippen molar-refractivity contribution in [3.05, 3.63) is 16.3 Å². The number of nitrogens with two attached hydrogens (primary N) is 1. The minimum Gasteiger partial charge on any atom is -0.475 e. The van der Waals surface area contributed by atoms with E-state index in [-0.39, 0.29) is 23.1 Å². The van der Waals surface area contributed by atoms with Crippen molar-refractivity contribution >= 4 is 11.9 Å². The van der Waals surface area contributed by atoms with E-state index in [9.17, 15) is 22.8 Å². The van der Waals surface area contributed by atoms with Gasteiger partial charge >= 0.3 is 17.8 Å². The van der Waals surface area contributed by atoms with Gasteiger partial charge in [-0.15, -0.1) is 0 Å². The number of aryl methyl sites for hydroxylation is 1. The molecule has 1 aromatic rings. The molecule has 2 aliphatic rings. The minimum atomic E-state index is -5.08. The molecule has 12 heteroatoms. The SMILES string of the molecule is CC1(N)CN(C(=O)C2CCc3n[nH]c(=O)n3C2)C1.O=C(O)C(F)(F)F. The number of amides is 1. The van der Waals surface area contributed by atoms with E-state index in [1.165, 1.54) is 0 Å². The first-order valence-corrected chi connectivity index (χ1v) is 7.42. The molecule has 0 saturated carbocycles. The quantitative estimate of drug-likeness (QED) is 0.604. The average molecular weight is 365 g/mol. The molecule has 1 unspecified atom stereocenters. The molecule has 9 nitrogen and oxygen atoms in total. The number of carboxylic acid groups (broad SMARTS) is 1. The molecule has 2 aliphatic heterocycles. The molecular formula is C13H18F3N5O4. The number of nitrogens with one attached hydrogen (secondary N) is 1. The Kier molecular flexibility index (Phi) is 4.93. The zero-order valence-corrected chi connectivity index (χ0v) is 13.3. The van der Waals surface area contributed by atoms with E-state index in [4.69, 9.17) is 15.6 Å². The number of aliphatic carboxylic acids is 1. The lowest BCUT2D eigenvalue weighted by Gasteiger charge is -2.46. The zero-order valence-electron chi connectivity index (χ0n) is 13.3. The van der Waals surface area contributed by atoms with Crippen LogP contribution < -0.4 is 11.4 Å². The molecule has 1 fully saturated rings. The van der Waals surface area contributed by atoms with Crippen LogP contribution in [0.1, 0.15) is 19.2 Å². The van der Waals surface area contributed by atoms with Crippen molar-refractivity contribution in [2.45, 2.75) is 38.0 Å². The molecule has 140 valence electrons. The van der Waals surface area contributed by atoms with Crippen molar-refractivity contribution in [2.24, 2.45) is 11.7 Å². The first-order chi connectivity index (χ1) is 11.4. The number of halogens is 3. The largest absolute Gasteiger partial charge is 0.490 e. The van der Waals surface area contributed by atoms with E-state index in [0.717, 1.165) is 12.2 Å². The first kappa shape index (κ1) is 19.0. The Hall–Kier alpha value is -2.37. The number of nitrogens with zero attached hydrogens (tertiary/aromatic N) is 3. The number of rotatable bonds is 1. The van der Waals surface area contributed by atoms with Crippen LogP contribution in [0.15, 0.2) is 4.79 Å². The molecule has 4 N–H and O–H groups in total. The number of fused-ring (bicyclic) bond motifs is 1. The Labute approximate surface area is 139 Å². The maximum Gasteiger partial charge on any atom is 0.490 e. The van der Waals surface area contributed by atoms with Crippen LogP contribution >= 0.6 is 0 Å². The summed E-state index contributed by atoms with van der Waals surface area (Å²) in [5.74, 6) is -2.02. The number of alkyl halides is 3. The molecule has 0 aromatic carbocycles. The fourth-order valence-corrected chi connectivity index (χ4v) is 2.79. The first-order valence-electron chi connectivity index (χ1n) is 7.42. The fraction of sp³-hybridized carbons (Fsp3) is 0.692. The number of likely N-dealkylation sites (tertiary alicyclic amines) is 1. The molecule has 1 saturated heterocycles. The zero-order chi connectivity index (χ0) is 19.0. The smallest absolute Gasteiger partial charge is 0.475 e. The lowest BCUT2D eigenvalue weighted by molar-refractivity contribution is -0.192. The van der Waals surface area contributed by atoms with Gasteiger partial charge in [-0.25, -0.2) is 14.7 Å². The summed E-state index contributed by atoms with van der Waals surface area (Å²) in [7, 11) is 0. The van der Waals surface area contributed by atoms with Gasteiger partial charge in [0.25, 0.3) is 0 Å². The molecule has 3 rings (SSSR count). The van der Waals surface area contributed by atoms with E-state index >= 15 is 0 Å². The maximum absolute atomic E-state index is 12.2. The summed E-state index contributed by atoms with van der Waals surface area (Å²) in [6, 6.07) is 0. The number of carbonyl (C=O) groups is 2. The van der Waals surface area contributed by atoms with Crippen LogP contribution in [0, 0.1) is 5.92 Å². The highest BCUT2D eigenvalue weighted by molar-refractivity contribution is 5.80. The number of H-pyrrole nitrogens is 1. The monoisotopic (exact) mass is 365 g/mol. The van der Waals surface area contributed by atoms with Gasteiger partial charge in [-0.1, -0.05) is 0 Å². The Balaban J connectivity index is 0.000000277. The highest BCUT2D eigenvalue weighted by atomic mass is 19.4. The number of carbonyl (C=O) groups excluding carboxylic acids is 1. The number of aromatic nitrogens is 3. The second-order valence-electron chi connectivity index (χ2n) is 6.44. The van der Waals surface area contributed by atoms with Crippen molar-refractivity contribution in [1.29, 1.82) is 0 Å². The topological polar surface area (TPSA) is 134 Å². The summed E-state index contributed by atoms with van der Waals surface area (Å²) in [5.41, 5.74) is 5.42. The van der Waals surface area contributed by atoms with E-state index in [1.807, 2.05) is 6.92 Å². The molecular weight excluding hydrogens is 347 g/mol. The lowest BCUT2D eigenvalue weighted by Crippen LogP contribution is -2.67. The number of carboxylic acids is 1. The summed E-state index contributed by atoms with van der Waals surface area (Å²) in [4.78, 5) is 34.4. The molecule has 1 amide bonds. The van der Waals surface area contributed by atoms with Gasteiger partial charge in [-0.3, -0.25) is 9.36 Å². The highest BCUT2D eigenvalue weighted by Gasteiger charge is 2.41. The third kappa shape index (κ3) is 4.38. The second-order valence-corrected chi connectivity index (χ2v) is 6.44. The summed E-state index contributed by atoms with van der Waals surface area (Å²) in [6.07, 6.45) is -3.66. The van der Waals surface area contributed by atoms with Gasteiger partial charge in [0.05, 0.1) is 5.92 Å². The third-order valence-corrected chi connectivity index (χ3v) is 3.96. The number of aromatic amines is 1. The van der Waals surface area contributed by atoms with Gasteiger partial charge in [0, 0.05) is 31.6 Å². The van der Waals surface area contributed by atoms with Crippen molar-refractivity contribution in [2.75, 3.05) is 13.1 Å². The summed E-state index contributed by atoms with van der Waals surface area (Å²) < 4.78 is 33.3. The van der Waals surface area contributed by atoms with Gasteiger partial charge in [0.15, 0.2) is 0 Å². The average Bonchev–Trinajstić information content (AvgIpc) is 2.84. The van der Waals surface area contributed by atoms with E-state index in [1.54, 1.807) is 9.47 Å². The standard InChI is InChI=1S/C11H17N5O2.C2HF3O2/c1-11(12)5-15(6-11)9(17)7-2-3-8-13-14-10(18)16(8)4-7;3-2(4,5)1(6)7/h7H,2-6,12H2,1H3,(H,14,18);(H,6,7). The van der Waals surface area contributed by atoms with Gasteiger partial charge < -0.3 is 15.7 Å². The molecule has 0 radical (unpaired) electrons. The summed E-state index contributed by atoms with van der Waals surface area (Å²) in [5, 5.41) is 13.5. The van der Waals surface area contributed by atoms with Crippen molar-refractivity contribution in [1.82, 2.24) is 19.7 Å². The minimum absolute atomic E-state index is 0.108. The molecule has 0 aliphatic carbocycles. The molecule has 1 atom stereocenters. The van der Waals surface area contributed by atoms with Crippen LogP contribution in [0.4, 0.5) is 13.2 Å². The Bertz CT molecular complexity index is 716. The lowest BCUT2D eigenvalue weighted by atomic mass is 9.90. The molecule has 3 heterocycles. The van der Waals surface area contributed by atoms with Gasteiger partial charge in [-0.2, -0.15) is 18.3 Å². The predicted octanol–water partition coefficient (Wildman–Crippen LogP) is -0.673. The van der Waals surface area contributed by atoms with Gasteiger partial charge in [0.2, 0.25) is 5.91 Å².